The van der Waals surface area contributed by atoms with E-state index in [0.29, 0.717) is 0 Å². The fourth-order valence-corrected chi connectivity index (χ4v) is 4.42. The van der Waals surface area contributed by atoms with Gasteiger partial charge >= 0.3 is 0 Å². The van der Waals surface area contributed by atoms with Gasteiger partial charge in [-0.15, -0.1) is 0 Å². The van der Waals surface area contributed by atoms with Gasteiger partial charge in [0.15, 0.2) is 5.11 Å². The minimum atomic E-state index is 0.834. The molecule has 30 heavy (non-hydrogen) atoms. The Morgan fingerprint density at radius 1 is 0.900 bits per heavy atom. The van der Waals surface area contributed by atoms with Gasteiger partial charge in [0, 0.05) is 38.4 Å². The van der Waals surface area contributed by atoms with Crippen molar-refractivity contribution in [2.45, 2.75) is 32.7 Å². The number of piperazine rings is 1. The first-order valence-electron chi connectivity index (χ1n) is 11.1. The molecule has 0 atom stereocenters. The molecule has 156 valence electrons. The van der Waals surface area contributed by atoms with Crippen LogP contribution in [0.1, 0.15) is 30.9 Å². The van der Waals surface area contributed by atoms with Gasteiger partial charge in [0.05, 0.1) is 0 Å². The summed E-state index contributed by atoms with van der Waals surface area (Å²) in [4.78, 5) is 4.82. The Kier molecular flexibility index (Phi) is 6.98. The summed E-state index contributed by atoms with van der Waals surface area (Å²) in [7, 11) is 0. The van der Waals surface area contributed by atoms with Crippen LogP contribution in [0.3, 0.4) is 0 Å². The maximum Gasteiger partial charge on any atom is 0.173 e. The van der Waals surface area contributed by atoms with Crippen LogP contribution in [0.4, 0.5) is 5.69 Å². The van der Waals surface area contributed by atoms with Crippen molar-refractivity contribution < 1.29 is 0 Å². The van der Waals surface area contributed by atoms with E-state index < -0.39 is 0 Å². The molecule has 4 rings (SSSR count). The van der Waals surface area contributed by atoms with Crippen LogP contribution in [-0.2, 0) is 13.0 Å². The van der Waals surface area contributed by atoms with Gasteiger partial charge in [-0.25, -0.2) is 0 Å². The van der Waals surface area contributed by atoms with Gasteiger partial charge in [-0.1, -0.05) is 67.9 Å². The molecule has 0 amide bonds. The number of nitrogens with zero attached hydrogens (tertiary/aromatic N) is 2. The normalized spacial score (nSPS) is 14.8. The lowest BCUT2D eigenvalue weighted by molar-refractivity contribution is 0.177. The van der Waals surface area contributed by atoms with Gasteiger partial charge < -0.3 is 10.2 Å². The van der Waals surface area contributed by atoms with E-state index in [1.807, 2.05) is 0 Å². The van der Waals surface area contributed by atoms with E-state index >= 15 is 0 Å². The smallest absolute Gasteiger partial charge is 0.173 e. The third-order valence-electron chi connectivity index (χ3n) is 5.96. The summed E-state index contributed by atoms with van der Waals surface area (Å²) in [6.07, 6.45) is 3.63. The third-order valence-corrected chi connectivity index (χ3v) is 6.32. The summed E-state index contributed by atoms with van der Waals surface area (Å²) >= 11 is 5.69. The van der Waals surface area contributed by atoms with Crippen LogP contribution >= 0.6 is 12.2 Å². The molecule has 0 aromatic heterocycles. The second-order valence-electron chi connectivity index (χ2n) is 8.13. The van der Waals surface area contributed by atoms with Crippen LogP contribution in [0, 0.1) is 0 Å². The van der Waals surface area contributed by atoms with Crippen molar-refractivity contribution in [3.8, 4) is 0 Å². The number of nitrogens with one attached hydrogen (secondary N) is 1. The SMILES string of the molecule is CCCCc1ccc(NC(=S)N2CCN(Cc3cccc4ccccc34)CC2)cc1. The van der Waals surface area contributed by atoms with E-state index in [9.17, 15) is 0 Å². The topological polar surface area (TPSA) is 18.5 Å². The predicted molar refractivity (Wildman–Crippen MR) is 132 cm³/mol. The van der Waals surface area contributed by atoms with Crippen LogP contribution in [0.2, 0.25) is 0 Å². The molecule has 1 aliphatic rings. The van der Waals surface area contributed by atoms with Gasteiger partial charge in [0.2, 0.25) is 0 Å². The van der Waals surface area contributed by atoms with E-state index in [0.717, 1.165) is 49.9 Å². The molecule has 3 aromatic carbocycles. The quantitative estimate of drug-likeness (QED) is 0.519. The average molecular weight is 418 g/mol. The fourth-order valence-electron chi connectivity index (χ4n) is 4.12. The zero-order chi connectivity index (χ0) is 20.8. The first kappa shape index (κ1) is 20.8. The Hall–Kier alpha value is -2.43. The number of fused-ring (bicyclic) bond motifs is 1. The third kappa shape index (κ3) is 5.18. The van der Waals surface area contributed by atoms with Crippen molar-refractivity contribution in [1.82, 2.24) is 9.80 Å². The lowest BCUT2D eigenvalue weighted by atomic mass is 10.0. The molecule has 0 spiro atoms. The second kappa shape index (κ2) is 10.1. The highest BCUT2D eigenvalue weighted by molar-refractivity contribution is 7.80. The molecule has 0 radical (unpaired) electrons. The van der Waals surface area contributed by atoms with E-state index in [1.54, 1.807) is 0 Å². The summed E-state index contributed by atoms with van der Waals surface area (Å²) in [5, 5.41) is 6.94. The van der Waals surface area contributed by atoms with E-state index in [2.05, 4.69) is 88.8 Å². The Bertz CT molecular complexity index is 970. The summed E-state index contributed by atoms with van der Waals surface area (Å²) in [5.41, 5.74) is 3.89. The van der Waals surface area contributed by atoms with Gasteiger partial charge in [-0.05, 0) is 59.1 Å². The van der Waals surface area contributed by atoms with Gasteiger partial charge in [0.1, 0.15) is 0 Å². The van der Waals surface area contributed by atoms with E-state index in [4.69, 9.17) is 12.2 Å². The number of aryl methyl sites for hydroxylation is 1. The van der Waals surface area contributed by atoms with Gasteiger partial charge in [0.25, 0.3) is 0 Å². The molecular formula is C26H31N3S. The number of hydrogen-bond donors (Lipinski definition) is 1. The monoisotopic (exact) mass is 417 g/mol. The van der Waals surface area contributed by atoms with Crippen molar-refractivity contribution in [2.75, 3.05) is 31.5 Å². The zero-order valence-electron chi connectivity index (χ0n) is 17.8. The molecule has 1 heterocycles. The molecule has 0 unspecified atom stereocenters. The van der Waals surface area contributed by atoms with Gasteiger partial charge in [-0.2, -0.15) is 0 Å². The Morgan fingerprint density at radius 3 is 2.40 bits per heavy atom. The summed E-state index contributed by atoms with van der Waals surface area (Å²) < 4.78 is 0. The highest BCUT2D eigenvalue weighted by Gasteiger charge is 2.19. The minimum absolute atomic E-state index is 0.834. The van der Waals surface area contributed by atoms with Crippen LogP contribution in [0.15, 0.2) is 66.7 Å². The number of thiocarbonyl (C=S) groups is 1. The minimum Gasteiger partial charge on any atom is -0.346 e. The number of unbranched alkanes of at least 4 members (excludes halogenated alkanes) is 1. The Labute approximate surface area is 185 Å². The standard InChI is InChI=1S/C26H31N3S/c1-2-3-7-21-12-14-24(15-13-21)27-26(30)29-18-16-28(17-19-29)20-23-10-6-9-22-8-4-5-11-25(22)23/h4-6,8-15H,2-3,7,16-20H2,1H3,(H,27,30). The molecular weight excluding hydrogens is 386 g/mol. The molecule has 1 N–H and O–H groups in total. The number of hydrogen-bond acceptors (Lipinski definition) is 2. The van der Waals surface area contributed by atoms with Crippen LogP contribution in [0.25, 0.3) is 10.8 Å². The second-order valence-corrected chi connectivity index (χ2v) is 8.52. The highest BCUT2D eigenvalue weighted by atomic mass is 32.1. The molecule has 1 fully saturated rings. The van der Waals surface area contributed by atoms with Gasteiger partial charge in [-0.3, -0.25) is 4.90 Å². The lowest BCUT2D eigenvalue weighted by Crippen LogP contribution is -2.49. The van der Waals surface area contributed by atoms with E-state index in [1.165, 1.54) is 34.7 Å². The molecule has 3 aromatic rings. The van der Waals surface area contributed by atoms with Crippen molar-refractivity contribution >= 4 is 33.8 Å². The fraction of sp³-hybridized carbons (Fsp3) is 0.346. The maximum absolute atomic E-state index is 5.69. The summed E-state index contributed by atoms with van der Waals surface area (Å²) in [5.74, 6) is 0. The molecule has 0 aliphatic carbocycles. The van der Waals surface area contributed by atoms with E-state index in [-0.39, 0.29) is 0 Å². The maximum atomic E-state index is 5.69. The van der Waals surface area contributed by atoms with Crippen LogP contribution < -0.4 is 5.32 Å². The molecule has 3 nitrogen and oxygen atoms in total. The Morgan fingerprint density at radius 2 is 1.63 bits per heavy atom. The first-order chi connectivity index (χ1) is 14.7. The Balaban J connectivity index is 1.29. The number of rotatable bonds is 6. The van der Waals surface area contributed by atoms with Crippen LogP contribution in [0.5, 0.6) is 0 Å². The predicted octanol–water partition coefficient (Wildman–Crippen LogP) is 5.70. The first-order valence-corrected chi connectivity index (χ1v) is 11.5. The lowest BCUT2D eigenvalue weighted by Gasteiger charge is -2.36. The molecule has 4 heteroatoms. The van der Waals surface area contributed by atoms with Crippen molar-refractivity contribution in [1.29, 1.82) is 0 Å². The van der Waals surface area contributed by atoms with Crippen molar-refractivity contribution in [2.24, 2.45) is 0 Å². The zero-order valence-corrected chi connectivity index (χ0v) is 18.6. The molecule has 0 saturated carbocycles. The summed E-state index contributed by atoms with van der Waals surface area (Å²) in [6, 6.07) is 24.0. The molecule has 0 bridgehead atoms. The summed E-state index contributed by atoms with van der Waals surface area (Å²) in [6.45, 7) is 7.21. The van der Waals surface area contributed by atoms with Crippen molar-refractivity contribution in [3.63, 3.8) is 0 Å². The molecule has 1 saturated heterocycles. The average Bonchev–Trinajstić information content (AvgIpc) is 2.79. The number of anilines is 1. The van der Waals surface area contributed by atoms with Crippen molar-refractivity contribution in [3.05, 3.63) is 77.9 Å². The van der Waals surface area contributed by atoms with Crippen LogP contribution in [-0.4, -0.2) is 41.1 Å². The molecule has 1 aliphatic heterocycles. The highest BCUT2D eigenvalue weighted by Crippen LogP contribution is 2.21. The largest absolute Gasteiger partial charge is 0.346 e. The number of benzene rings is 3.